The van der Waals surface area contributed by atoms with Crippen LogP contribution in [0, 0.1) is 22.0 Å². The van der Waals surface area contributed by atoms with E-state index < -0.39 is 22.9 Å². The van der Waals surface area contributed by atoms with E-state index in [4.69, 9.17) is 9.26 Å². The van der Waals surface area contributed by atoms with Gasteiger partial charge in [-0.05, 0) is 44.2 Å². The standard InChI is InChI=1S/C27H30N4O7S/c1-15-23-22(16(2)32)26(33)30(23)24(27(34)37-14-17-4-6-18(7-5-17)31(35)36)25(15)39-21-12-19(29(3)13-21)8-9-20-10-11-28-38-20/h4-11,15-16,19,21-23,32H,12-14H2,1-3H3/b9-8+/t15-,16-,19-,21+,22-,23-/m1/s1. The predicted octanol–water partition coefficient (Wildman–Crippen LogP) is 3.21. The van der Waals surface area contributed by atoms with E-state index in [1.807, 2.05) is 20.0 Å². The number of carbonyl (C=O) groups excluding carboxylic acids is 2. The molecule has 0 radical (unpaired) electrons. The van der Waals surface area contributed by atoms with E-state index in [1.165, 1.54) is 29.2 Å². The molecule has 0 saturated carbocycles. The second-order valence-corrected chi connectivity index (χ2v) is 11.6. The van der Waals surface area contributed by atoms with Gasteiger partial charge in [0.25, 0.3) is 5.69 Å². The Balaban J connectivity index is 1.34. The quantitative estimate of drug-likeness (QED) is 0.213. The van der Waals surface area contributed by atoms with Crippen LogP contribution in [0.1, 0.15) is 31.6 Å². The number of likely N-dealkylation sites (tertiary alicyclic amines) is 1. The molecule has 0 aliphatic carbocycles. The first-order chi connectivity index (χ1) is 18.7. The zero-order valence-electron chi connectivity index (χ0n) is 21.8. The molecule has 11 nitrogen and oxygen atoms in total. The number of hydrogen-bond acceptors (Lipinski definition) is 10. The Hall–Kier alpha value is -3.48. The van der Waals surface area contributed by atoms with Gasteiger partial charge in [-0.25, -0.2) is 4.79 Å². The third kappa shape index (κ3) is 5.23. The van der Waals surface area contributed by atoms with Crippen LogP contribution in [-0.4, -0.2) is 73.9 Å². The summed E-state index contributed by atoms with van der Waals surface area (Å²) < 4.78 is 10.8. The number of aliphatic hydroxyl groups is 1. The van der Waals surface area contributed by atoms with Gasteiger partial charge in [-0.2, -0.15) is 0 Å². The van der Waals surface area contributed by atoms with Crippen molar-refractivity contribution < 1.29 is 28.9 Å². The van der Waals surface area contributed by atoms with Crippen molar-refractivity contribution >= 4 is 35.4 Å². The minimum atomic E-state index is -0.828. The second-order valence-electron chi connectivity index (χ2n) is 10.2. The van der Waals surface area contributed by atoms with Gasteiger partial charge in [0.1, 0.15) is 12.3 Å². The van der Waals surface area contributed by atoms with Crippen molar-refractivity contribution in [3.05, 3.63) is 74.6 Å². The fourth-order valence-electron chi connectivity index (χ4n) is 5.59. The summed E-state index contributed by atoms with van der Waals surface area (Å²) in [6.07, 6.45) is 5.58. The van der Waals surface area contributed by atoms with E-state index >= 15 is 0 Å². The lowest BCUT2D eigenvalue weighted by atomic mass is 9.79. The van der Waals surface area contributed by atoms with Crippen molar-refractivity contribution in [3.8, 4) is 0 Å². The molecule has 3 aliphatic rings. The van der Waals surface area contributed by atoms with E-state index in [-0.39, 0.29) is 47.2 Å². The van der Waals surface area contributed by atoms with Gasteiger partial charge in [0.05, 0.1) is 29.2 Å². The van der Waals surface area contributed by atoms with Crippen LogP contribution in [-0.2, 0) is 20.9 Å². The Bertz CT molecular complexity index is 1310. The average molecular weight is 555 g/mol. The molecule has 2 aromatic rings. The highest BCUT2D eigenvalue weighted by Gasteiger charge is 2.60. The number of aliphatic hydroxyl groups excluding tert-OH is 1. The Morgan fingerprint density at radius 1 is 1.36 bits per heavy atom. The monoisotopic (exact) mass is 554 g/mol. The van der Waals surface area contributed by atoms with Crippen LogP contribution < -0.4 is 0 Å². The molecule has 2 fully saturated rings. The molecule has 1 aromatic heterocycles. The fraction of sp³-hybridized carbons (Fsp3) is 0.444. The molecule has 39 heavy (non-hydrogen) atoms. The van der Waals surface area contributed by atoms with E-state index in [9.17, 15) is 24.8 Å². The first-order valence-electron chi connectivity index (χ1n) is 12.8. The minimum absolute atomic E-state index is 0.0511. The van der Waals surface area contributed by atoms with Crippen LogP contribution in [0.4, 0.5) is 5.69 Å². The molecule has 206 valence electrons. The minimum Gasteiger partial charge on any atom is -0.456 e. The van der Waals surface area contributed by atoms with Crippen molar-refractivity contribution in [2.45, 2.75) is 50.3 Å². The molecule has 2 saturated heterocycles. The zero-order chi connectivity index (χ0) is 27.8. The molecule has 0 bridgehead atoms. The number of β-lactam (4-membered cyclic amide) rings is 1. The Morgan fingerprint density at radius 2 is 2.10 bits per heavy atom. The van der Waals surface area contributed by atoms with Crippen molar-refractivity contribution in [2.75, 3.05) is 13.6 Å². The van der Waals surface area contributed by atoms with Crippen LogP contribution in [0.15, 0.2) is 57.7 Å². The first kappa shape index (κ1) is 27.1. The smallest absolute Gasteiger partial charge is 0.356 e. The van der Waals surface area contributed by atoms with Crippen molar-refractivity contribution in [2.24, 2.45) is 11.8 Å². The normalized spacial score (nSPS) is 27.6. The average Bonchev–Trinajstić information content (AvgIpc) is 3.60. The third-order valence-electron chi connectivity index (χ3n) is 7.62. The number of likely N-dealkylation sites (N-methyl/N-ethyl adjacent to an activating group) is 1. The van der Waals surface area contributed by atoms with Crippen LogP contribution in [0.5, 0.6) is 0 Å². The molecule has 4 heterocycles. The largest absolute Gasteiger partial charge is 0.456 e. The molecule has 1 N–H and O–H groups in total. The number of esters is 1. The number of carbonyl (C=O) groups is 2. The highest BCUT2D eigenvalue weighted by molar-refractivity contribution is 8.03. The molecular weight excluding hydrogens is 524 g/mol. The lowest BCUT2D eigenvalue weighted by molar-refractivity contribution is -0.384. The number of aromatic nitrogens is 1. The molecule has 1 amide bonds. The zero-order valence-corrected chi connectivity index (χ0v) is 22.6. The van der Waals surface area contributed by atoms with Crippen LogP contribution >= 0.6 is 11.8 Å². The van der Waals surface area contributed by atoms with E-state index in [1.54, 1.807) is 30.9 Å². The Labute approximate surface area is 229 Å². The number of non-ortho nitro benzene ring substituents is 1. The SMILES string of the molecule is C[C@@H](O)[C@H]1C(=O)N2C(C(=O)OCc3ccc([N+](=O)[O-])cc3)=C(S[C@H]3C[C@@H](/C=C/c4ccno4)N(C)C3)[C@H](C)[C@H]12. The Kier molecular flexibility index (Phi) is 7.61. The second kappa shape index (κ2) is 10.9. The number of nitro benzene ring substituents is 1. The maximum absolute atomic E-state index is 13.4. The number of nitro groups is 1. The van der Waals surface area contributed by atoms with E-state index in [0.717, 1.165) is 17.9 Å². The Morgan fingerprint density at radius 3 is 2.74 bits per heavy atom. The third-order valence-corrected chi connectivity index (χ3v) is 9.11. The molecule has 0 unspecified atom stereocenters. The number of nitrogens with zero attached hydrogens (tertiary/aromatic N) is 4. The van der Waals surface area contributed by atoms with Crippen LogP contribution in [0.3, 0.4) is 0 Å². The van der Waals surface area contributed by atoms with Gasteiger partial charge in [0, 0.05) is 46.9 Å². The summed E-state index contributed by atoms with van der Waals surface area (Å²) in [6.45, 7) is 4.29. The van der Waals surface area contributed by atoms with Gasteiger partial charge in [0.2, 0.25) is 5.91 Å². The molecule has 1 aromatic carbocycles. The van der Waals surface area contributed by atoms with Crippen LogP contribution in [0.2, 0.25) is 0 Å². The van der Waals surface area contributed by atoms with Gasteiger partial charge in [0.15, 0.2) is 5.76 Å². The van der Waals surface area contributed by atoms with Gasteiger partial charge < -0.3 is 19.3 Å². The van der Waals surface area contributed by atoms with Gasteiger partial charge >= 0.3 is 5.97 Å². The maximum Gasteiger partial charge on any atom is 0.356 e. The number of hydrogen-bond donors (Lipinski definition) is 1. The van der Waals surface area contributed by atoms with Crippen molar-refractivity contribution in [1.82, 2.24) is 15.0 Å². The van der Waals surface area contributed by atoms with E-state index in [2.05, 4.69) is 16.1 Å². The van der Waals surface area contributed by atoms with Crippen LogP contribution in [0.25, 0.3) is 6.08 Å². The summed E-state index contributed by atoms with van der Waals surface area (Å²) in [7, 11) is 2.04. The molecule has 6 atom stereocenters. The first-order valence-corrected chi connectivity index (χ1v) is 13.6. The topological polar surface area (TPSA) is 139 Å². The van der Waals surface area contributed by atoms with E-state index in [0.29, 0.717) is 11.3 Å². The van der Waals surface area contributed by atoms with Gasteiger partial charge in [-0.3, -0.25) is 19.8 Å². The summed E-state index contributed by atoms with van der Waals surface area (Å²) in [5.74, 6) is -0.925. The number of benzene rings is 1. The van der Waals surface area contributed by atoms with Crippen molar-refractivity contribution in [3.63, 3.8) is 0 Å². The fourth-order valence-corrected chi connectivity index (χ4v) is 7.20. The summed E-state index contributed by atoms with van der Waals surface area (Å²) in [6, 6.07) is 7.44. The maximum atomic E-state index is 13.4. The predicted molar refractivity (Wildman–Crippen MR) is 143 cm³/mol. The van der Waals surface area contributed by atoms with Gasteiger partial charge in [-0.15, -0.1) is 11.8 Å². The molecule has 3 aliphatic heterocycles. The summed E-state index contributed by atoms with van der Waals surface area (Å²) in [5.41, 5.74) is 0.788. The number of ether oxygens (including phenoxy) is 1. The van der Waals surface area contributed by atoms with Gasteiger partial charge in [-0.1, -0.05) is 18.2 Å². The highest BCUT2D eigenvalue weighted by atomic mass is 32.2. The number of rotatable bonds is 9. The highest BCUT2D eigenvalue weighted by Crippen LogP contribution is 2.52. The summed E-state index contributed by atoms with van der Waals surface area (Å²) in [5, 5.41) is 25.1. The molecular formula is C27H30N4O7S. The molecule has 0 spiro atoms. The molecule has 12 heteroatoms. The number of fused-ring (bicyclic) bond motifs is 1. The number of thioether (sulfide) groups is 1. The lowest BCUT2D eigenvalue weighted by Crippen LogP contribution is -2.63. The number of amides is 1. The molecule has 5 rings (SSSR count). The lowest BCUT2D eigenvalue weighted by Gasteiger charge is -2.46. The van der Waals surface area contributed by atoms with Crippen molar-refractivity contribution in [1.29, 1.82) is 0 Å². The summed E-state index contributed by atoms with van der Waals surface area (Å²) >= 11 is 1.60. The summed E-state index contributed by atoms with van der Waals surface area (Å²) in [4.78, 5) is 41.4.